The first-order valence-corrected chi connectivity index (χ1v) is 13.7. The molecule has 0 aromatic rings. The maximum Gasteiger partial charge on any atom is 0.304 e. The molecule has 1 atom stereocenters. The molecule has 188 valence electrons. The van der Waals surface area contributed by atoms with Crippen molar-refractivity contribution in [3.8, 4) is 0 Å². The molecule has 32 heavy (non-hydrogen) atoms. The third kappa shape index (κ3) is 18.3. The van der Waals surface area contributed by atoms with Crippen LogP contribution in [0.15, 0.2) is 12.2 Å². The zero-order valence-electron chi connectivity index (χ0n) is 21.6. The maximum atomic E-state index is 13.0. The summed E-state index contributed by atoms with van der Waals surface area (Å²) in [5, 5.41) is 9.28. The molecule has 0 fully saturated rings. The topological polar surface area (TPSA) is 57.6 Å². The van der Waals surface area contributed by atoms with Crippen LogP contribution in [0.1, 0.15) is 136 Å². The number of carbonyl (C=O) groups excluding carboxylic acids is 1. The van der Waals surface area contributed by atoms with Crippen LogP contribution in [-0.4, -0.2) is 35.0 Å². The number of carbonyl (C=O) groups is 2. The van der Waals surface area contributed by atoms with Crippen LogP contribution in [0.5, 0.6) is 0 Å². The first-order valence-electron chi connectivity index (χ1n) is 13.7. The van der Waals surface area contributed by atoms with Crippen molar-refractivity contribution in [3.63, 3.8) is 0 Å². The Hall–Kier alpha value is -1.32. The number of unbranched alkanes of at least 4 members (excludes halogenated alkanes) is 14. The fourth-order valence-corrected chi connectivity index (χ4v) is 4.05. The molecular formula is C28H53NO3. The number of hydrogen-bond acceptors (Lipinski definition) is 2. The lowest BCUT2D eigenvalue weighted by molar-refractivity contribution is -0.143. The number of amides is 1. The number of nitrogens with zero attached hydrogens (tertiary/aromatic N) is 1. The molecule has 4 nitrogen and oxygen atoms in total. The molecule has 0 aliphatic heterocycles. The van der Waals surface area contributed by atoms with Gasteiger partial charge in [-0.2, -0.15) is 0 Å². The van der Waals surface area contributed by atoms with Gasteiger partial charge in [0, 0.05) is 13.1 Å². The molecule has 1 unspecified atom stereocenters. The molecule has 1 amide bonds. The van der Waals surface area contributed by atoms with Gasteiger partial charge in [-0.1, -0.05) is 116 Å². The number of carboxylic acids is 1. The molecule has 0 spiro atoms. The molecule has 0 rings (SSSR count). The van der Waals surface area contributed by atoms with Gasteiger partial charge in [-0.05, 0) is 25.7 Å². The standard InChI is InChI=1S/C28H53NO3/c1-4-7-10-11-12-13-14-15-16-17-18-19-20-21-22-26(25-27(30)31)28(32)29(23-8-5-2)24-9-6-3/h21-22,26H,4-20,23-25H2,1-3H3,(H,30,31). The molecule has 0 saturated carbocycles. The van der Waals surface area contributed by atoms with Gasteiger partial charge in [0.2, 0.25) is 5.91 Å². The maximum absolute atomic E-state index is 13.0. The summed E-state index contributed by atoms with van der Waals surface area (Å²) in [6, 6.07) is 0. The van der Waals surface area contributed by atoms with Crippen molar-refractivity contribution in [1.29, 1.82) is 0 Å². The molecule has 0 aromatic heterocycles. The van der Waals surface area contributed by atoms with Gasteiger partial charge < -0.3 is 10.0 Å². The Morgan fingerprint density at radius 2 is 1.12 bits per heavy atom. The third-order valence-electron chi connectivity index (χ3n) is 6.18. The fraction of sp³-hybridized carbons (Fsp3) is 0.857. The average molecular weight is 452 g/mol. The van der Waals surface area contributed by atoms with Crippen molar-refractivity contribution in [2.45, 2.75) is 136 Å². The van der Waals surface area contributed by atoms with E-state index in [9.17, 15) is 14.7 Å². The predicted octanol–water partition coefficient (Wildman–Crippen LogP) is 8.15. The molecule has 0 aliphatic rings. The monoisotopic (exact) mass is 451 g/mol. The van der Waals surface area contributed by atoms with Crippen LogP contribution in [0, 0.1) is 5.92 Å². The second-order valence-electron chi connectivity index (χ2n) is 9.34. The van der Waals surface area contributed by atoms with E-state index in [0.717, 1.165) is 51.6 Å². The van der Waals surface area contributed by atoms with Gasteiger partial charge >= 0.3 is 5.97 Å². The second-order valence-corrected chi connectivity index (χ2v) is 9.34. The summed E-state index contributed by atoms with van der Waals surface area (Å²) in [6.45, 7) is 7.97. The van der Waals surface area contributed by atoms with E-state index in [1.807, 2.05) is 17.1 Å². The first kappa shape index (κ1) is 30.7. The lowest BCUT2D eigenvalue weighted by Gasteiger charge is -2.25. The Kier molecular flexibility index (Phi) is 21.9. The second kappa shape index (κ2) is 22.9. The van der Waals surface area contributed by atoms with Crippen molar-refractivity contribution >= 4 is 11.9 Å². The van der Waals surface area contributed by atoms with E-state index in [4.69, 9.17) is 0 Å². The number of aliphatic carboxylic acids is 1. The summed E-state index contributed by atoms with van der Waals surface area (Å²) in [5.41, 5.74) is 0. The van der Waals surface area contributed by atoms with Crippen molar-refractivity contribution in [1.82, 2.24) is 4.90 Å². The lowest BCUT2D eigenvalue weighted by Crippen LogP contribution is -2.37. The Bertz CT molecular complexity index is 467. The summed E-state index contributed by atoms with van der Waals surface area (Å²) in [6.07, 6.45) is 24.7. The Labute approximate surface area is 199 Å². The summed E-state index contributed by atoms with van der Waals surface area (Å²) in [4.78, 5) is 26.2. The minimum absolute atomic E-state index is 0.0137. The van der Waals surface area contributed by atoms with E-state index >= 15 is 0 Å². The van der Waals surface area contributed by atoms with Crippen LogP contribution in [0.3, 0.4) is 0 Å². The van der Waals surface area contributed by atoms with E-state index in [-0.39, 0.29) is 12.3 Å². The third-order valence-corrected chi connectivity index (χ3v) is 6.18. The molecule has 0 saturated heterocycles. The number of allylic oxidation sites excluding steroid dienone is 1. The zero-order valence-corrected chi connectivity index (χ0v) is 21.6. The molecular weight excluding hydrogens is 398 g/mol. The van der Waals surface area contributed by atoms with Gasteiger partial charge in [0.1, 0.15) is 0 Å². The minimum atomic E-state index is -0.899. The highest BCUT2D eigenvalue weighted by Gasteiger charge is 2.23. The highest BCUT2D eigenvalue weighted by atomic mass is 16.4. The summed E-state index contributed by atoms with van der Waals surface area (Å²) in [5.74, 6) is -1.44. The van der Waals surface area contributed by atoms with Gasteiger partial charge in [0.25, 0.3) is 0 Å². The van der Waals surface area contributed by atoms with Gasteiger partial charge in [0.15, 0.2) is 0 Å². The Morgan fingerprint density at radius 3 is 1.56 bits per heavy atom. The first-order chi connectivity index (χ1) is 15.6. The minimum Gasteiger partial charge on any atom is -0.481 e. The zero-order chi connectivity index (χ0) is 23.9. The normalized spacial score (nSPS) is 12.3. The molecule has 0 aliphatic carbocycles. The largest absolute Gasteiger partial charge is 0.481 e. The molecule has 4 heteroatoms. The number of carboxylic acid groups (broad SMARTS) is 1. The Balaban J connectivity index is 4.15. The van der Waals surface area contributed by atoms with Gasteiger partial charge in [-0.25, -0.2) is 0 Å². The van der Waals surface area contributed by atoms with E-state index < -0.39 is 11.9 Å². The van der Waals surface area contributed by atoms with E-state index in [0.29, 0.717) is 0 Å². The summed E-state index contributed by atoms with van der Waals surface area (Å²) < 4.78 is 0. The van der Waals surface area contributed by atoms with Crippen LogP contribution in [0.25, 0.3) is 0 Å². The van der Waals surface area contributed by atoms with E-state index in [1.54, 1.807) is 0 Å². The van der Waals surface area contributed by atoms with Gasteiger partial charge in [-0.15, -0.1) is 0 Å². The van der Waals surface area contributed by atoms with Crippen molar-refractivity contribution < 1.29 is 14.7 Å². The van der Waals surface area contributed by atoms with Crippen molar-refractivity contribution in [3.05, 3.63) is 12.2 Å². The van der Waals surface area contributed by atoms with Crippen LogP contribution in [-0.2, 0) is 9.59 Å². The summed E-state index contributed by atoms with van der Waals surface area (Å²) >= 11 is 0. The fourth-order valence-electron chi connectivity index (χ4n) is 4.05. The van der Waals surface area contributed by atoms with Gasteiger partial charge in [0.05, 0.1) is 12.3 Å². The van der Waals surface area contributed by atoms with Crippen LogP contribution < -0.4 is 0 Å². The molecule has 1 N–H and O–H groups in total. The summed E-state index contributed by atoms with van der Waals surface area (Å²) in [7, 11) is 0. The average Bonchev–Trinajstić information content (AvgIpc) is 2.78. The van der Waals surface area contributed by atoms with Crippen molar-refractivity contribution in [2.75, 3.05) is 13.1 Å². The smallest absolute Gasteiger partial charge is 0.304 e. The predicted molar refractivity (Wildman–Crippen MR) is 137 cm³/mol. The number of rotatable bonds is 23. The highest BCUT2D eigenvalue weighted by Crippen LogP contribution is 2.15. The quantitative estimate of drug-likeness (QED) is 0.126. The molecule has 0 bridgehead atoms. The van der Waals surface area contributed by atoms with Crippen LogP contribution in [0.2, 0.25) is 0 Å². The van der Waals surface area contributed by atoms with E-state index in [2.05, 4.69) is 20.8 Å². The van der Waals surface area contributed by atoms with Crippen LogP contribution in [0.4, 0.5) is 0 Å². The number of hydrogen-bond donors (Lipinski definition) is 1. The van der Waals surface area contributed by atoms with Crippen LogP contribution >= 0.6 is 0 Å². The van der Waals surface area contributed by atoms with Crippen molar-refractivity contribution in [2.24, 2.45) is 5.92 Å². The molecule has 0 heterocycles. The van der Waals surface area contributed by atoms with Gasteiger partial charge in [-0.3, -0.25) is 9.59 Å². The Morgan fingerprint density at radius 1 is 0.688 bits per heavy atom. The van der Waals surface area contributed by atoms with E-state index in [1.165, 1.54) is 70.6 Å². The molecule has 0 radical (unpaired) electrons. The molecule has 0 aromatic carbocycles. The SMILES string of the molecule is CCCCCCCCCCCCCCC=CC(CC(=O)O)C(=O)N(CCCC)CCCC. The lowest BCUT2D eigenvalue weighted by atomic mass is 10.0. The highest BCUT2D eigenvalue weighted by molar-refractivity contribution is 5.84.